The minimum Gasteiger partial charge on any atom is -0.322 e. The summed E-state index contributed by atoms with van der Waals surface area (Å²) in [5, 5.41) is 5.88. The Balaban J connectivity index is 1.33. The number of hydrogen-bond donors (Lipinski definition) is 2. The molecular weight excluding hydrogens is 356 g/mol. The highest BCUT2D eigenvalue weighted by Gasteiger charge is 2.40. The van der Waals surface area contributed by atoms with Crippen molar-refractivity contribution in [2.45, 2.75) is 38.4 Å². The molecule has 1 aromatic rings. The molecule has 0 aliphatic carbocycles. The first-order chi connectivity index (χ1) is 13.6. The summed E-state index contributed by atoms with van der Waals surface area (Å²) in [5.74, 6) is 0.838. The number of piperidine rings is 2. The van der Waals surface area contributed by atoms with Crippen LogP contribution in [-0.4, -0.2) is 59.7 Å². The Morgan fingerprint density at radius 1 is 1.07 bits per heavy atom. The van der Waals surface area contributed by atoms with Gasteiger partial charge in [-0.3, -0.25) is 24.6 Å². The summed E-state index contributed by atoms with van der Waals surface area (Å²) in [6.07, 6.45) is 1.92. The maximum Gasteiger partial charge on any atom is 0.255 e. The van der Waals surface area contributed by atoms with Crippen molar-refractivity contribution in [1.29, 1.82) is 0 Å². The van der Waals surface area contributed by atoms with Crippen molar-refractivity contribution >= 4 is 17.7 Å². The summed E-state index contributed by atoms with van der Waals surface area (Å²) in [6.45, 7) is 5.76. The number of imide groups is 1. The molecule has 2 N–H and O–H groups in total. The van der Waals surface area contributed by atoms with Gasteiger partial charge in [-0.15, -0.1) is 0 Å². The summed E-state index contributed by atoms with van der Waals surface area (Å²) >= 11 is 0. The Morgan fingerprint density at radius 3 is 2.79 bits per heavy atom. The van der Waals surface area contributed by atoms with Crippen LogP contribution in [0, 0.1) is 11.8 Å². The van der Waals surface area contributed by atoms with E-state index in [-0.39, 0.29) is 24.1 Å². The number of nitrogens with zero attached hydrogens (tertiary/aromatic N) is 2. The van der Waals surface area contributed by atoms with E-state index >= 15 is 0 Å². The molecule has 1 aromatic carbocycles. The normalized spacial score (nSPS) is 30.4. The van der Waals surface area contributed by atoms with Crippen molar-refractivity contribution < 1.29 is 14.4 Å². The fourth-order valence-electron chi connectivity index (χ4n) is 5.29. The predicted octanol–water partition coefficient (Wildman–Crippen LogP) is 0.489. The third-order valence-corrected chi connectivity index (χ3v) is 6.86. The van der Waals surface area contributed by atoms with Crippen molar-refractivity contribution in [3.8, 4) is 0 Å². The van der Waals surface area contributed by atoms with Gasteiger partial charge in [0.25, 0.3) is 5.91 Å². The Hall–Kier alpha value is -2.25. The van der Waals surface area contributed by atoms with E-state index in [1.165, 1.54) is 12.0 Å². The van der Waals surface area contributed by atoms with Crippen LogP contribution >= 0.6 is 0 Å². The van der Waals surface area contributed by atoms with Crippen LogP contribution < -0.4 is 10.6 Å². The van der Waals surface area contributed by atoms with Crippen LogP contribution in [0.3, 0.4) is 0 Å². The van der Waals surface area contributed by atoms with E-state index in [9.17, 15) is 14.4 Å². The molecule has 3 saturated heterocycles. The maximum atomic E-state index is 13.0. The smallest absolute Gasteiger partial charge is 0.255 e. The predicted molar refractivity (Wildman–Crippen MR) is 102 cm³/mol. The van der Waals surface area contributed by atoms with Gasteiger partial charge in [0.2, 0.25) is 11.8 Å². The number of amides is 3. The van der Waals surface area contributed by atoms with Gasteiger partial charge in [-0.1, -0.05) is 12.1 Å². The van der Waals surface area contributed by atoms with E-state index in [0.29, 0.717) is 18.5 Å². The third-order valence-electron chi connectivity index (χ3n) is 6.86. The molecule has 148 valence electrons. The Bertz CT molecular complexity index is 839. The summed E-state index contributed by atoms with van der Waals surface area (Å²) in [5.41, 5.74) is 2.94. The molecular formula is C21H26N4O3. The third kappa shape index (κ3) is 3.02. The number of rotatable bonds is 3. The van der Waals surface area contributed by atoms with Gasteiger partial charge in [0.1, 0.15) is 6.04 Å². The molecule has 7 heteroatoms. The lowest BCUT2D eigenvalue weighted by Crippen LogP contribution is -2.52. The summed E-state index contributed by atoms with van der Waals surface area (Å²) in [6, 6.07) is 5.37. The highest BCUT2D eigenvalue weighted by molar-refractivity contribution is 6.05. The molecule has 0 radical (unpaired) electrons. The average molecular weight is 382 g/mol. The lowest BCUT2D eigenvalue weighted by molar-refractivity contribution is -0.136. The van der Waals surface area contributed by atoms with Crippen molar-refractivity contribution in [2.75, 3.05) is 26.2 Å². The van der Waals surface area contributed by atoms with E-state index < -0.39 is 6.04 Å². The molecule has 4 aliphatic rings. The Kier molecular flexibility index (Phi) is 4.44. The summed E-state index contributed by atoms with van der Waals surface area (Å²) < 4.78 is 0. The monoisotopic (exact) mass is 382 g/mol. The Labute approximate surface area is 164 Å². The molecule has 5 rings (SSSR count). The van der Waals surface area contributed by atoms with Gasteiger partial charge >= 0.3 is 0 Å². The lowest BCUT2D eigenvalue weighted by atomic mass is 9.88. The van der Waals surface area contributed by atoms with Crippen molar-refractivity contribution in [3.05, 3.63) is 34.9 Å². The molecule has 0 spiro atoms. The van der Waals surface area contributed by atoms with E-state index in [1.54, 1.807) is 4.90 Å². The molecule has 0 aromatic heterocycles. The van der Waals surface area contributed by atoms with Gasteiger partial charge in [0.15, 0.2) is 0 Å². The molecule has 0 bridgehead atoms. The van der Waals surface area contributed by atoms with Crippen LogP contribution in [0.5, 0.6) is 0 Å². The van der Waals surface area contributed by atoms with Crippen LogP contribution in [0.25, 0.3) is 0 Å². The maximum absolute atomic E-state index is 13.0. The zero-order chi connectivity index (χ0) is 19.3. The van der Waals surface area contributed by atoms with Crippen molar-refractivity contribution in [2.24, 2.45) is 11.8 Å². The number of nitrogens with one attached hydrogen (secondary N) is 2. The number of likely N-dealkylation sites (tertiary alicyclic amines) is 1. The quantitative estimate of drug-likeness (QED) is 0.744. The number of carbonyl (C=O) groups excluding carboxylic acids is 3. The van der Waals surface area contributed by atoms with Gasteiger partial charge < -0.3 is 10.2 Å². The lowest BCUT2D eigenvalue weighted by Gasteiger charge is -2.34. The molecule has 3 fully saturated rings. The molecule has 4 heterocycles. The fourth-order valence-corrected chi connectivity index (χ4v) is 5.29. The first kappa shape index (κ1) is 17.8. The van der Waals surface area contributed by atoms with Crippen molar-refractivity contribution in [3.63, 3.8) is 0 Å². The number of hydrogen-bond acceptors (Lipinski definition) is 5. The number of carbonyl (C=O) groups is 3. The molecule has 0 saturated carbocycles. The fraction of sp³-hybridized carbons (Fsp3) is 0.571. The van der Waals surface area contributed by atoms with Gasteiger partial charge in [0, 0.05) is 31.6 Å². The Morgan fingerprint density at radius 2 is 1.93 bits per heavy atom. The van der Waals surface area contributed by atoms with Gasteiger partial charge in [-0.05, 0) is 61.5 Å². The van der Waals surface area contributed by atoms with Crippen molar-refractivity contribution in [1.82, 2.24) is 20.4 Å². The second-order valence-corrected chi connectivity index (χ2v) is 8.55. The highest BCUT2D eigenvalue weighted by Crippen LogP contribution is 2.32. The van der Waals surface area contributed by atoms with Gasteiger partial charge in [-0.25, -0.2) is 0 Å². The number of fused-ring (bicyclic) bond motifs is 2. The number of benzene rings is 1. The zero-order valence-electron chi connectivity index (χ0n) is 15.9. The first-order valence-corrected chi connectivity index (χ1v) is 10.3. The molecule has 3 amide bonds. The summed E-state index contributed by atoms with van der Waals surface area (Å²) in [4.78, 5) is 40.8. The topological polar surface area (TPSA) is 81.8 Å². The minimum absolute atomic E-state index is 0.0925. The van der Waals surface area contributed by atoms with Crippen LogP contribution in [0.4, 0.5) is 0 Å². The van der Waals surface area contributed by atoms with E-state index in [0.717, 1.165) is 50.1 Å². The van der Waals surface area contributed by atoms with Crippen LogP contribution in [-0.2, 0) is 22.7 Å². The standard InChI is InChI=1S/C21H26N4O3/c26-19-5-4-18(20(27)23-19)25-12-17-14(2-1-3-16(17)21(25)28)10-24-7-6-13-8-22-9-15(13)11-24/h1-3,13,15,18,22H,4-12H2,(H,23,26,27)/t13-,15-,18?/m0/s1. The van der Waals surface area contributed by atoms with Gasteiger partial charge in [0.05, 0.1) is 0 Å². The van der Waals surface area contributed by atoms with E-state index in [1.807, 2.05) is 12.1 Å². The minimum atomic E-state index is -0.550. The van der Waals surface area contributed by atoms with Crippen LogP contribution in [0.2, 0.25) is 0 Å². The summed E-state index contributed by atoms with van der Waals surface area (Å²) in [7, 11) is 0. The zero-order valence-corrected chi connectivity index (χ0v) is 15.9. The molecule has 4 aliphatic heterocycles. The van der Waals surface area contributed by atoms with Crippen LogP contribution in [0.1, 0.15) is 40.7 Å². The first-order valence-electron chi connectivity index (χ1n) is 10.3. The molecule has 1 unspecified atom stereocenters. The highest BCUT2D eigenvalue weighted by atomic mass is 16.2. The second kappa shape index (κ2) is 6.97. The van der Waals surface area contributed by atoms with Gasteiger partial charge in [-0.2, -0.15) is 0 Å². The van der Waals surface area contributed by atoms with E-state index in [2.05, 4.69) is 21.6 Å². The van der Waals surface area contributed by atoms with Crippen LogP contribution in [0.15, 0.2) is 18.2 Å². The van der Waals surface area contributed by atoms with E-state index in [4.69, 9.17) is 0 Å². The molecule has 28 heavy (non-hydrogen) atoms. The second-order valence-electron chi connectivity index (χ2n) is 8.55. The molecule has 3 atom stereocenters. The molecule has 7 nitrogen and oxygen atoms in total. The SMILES string of the molecule is O=C1CCC(N2Cc3c(CN4CC[C@H]5CNC[C@H]5C4)cccc3C2=O)C(=O)N1. The largest absolute Gasteiger partial charge is 0.322 e. The average Bonchev–Trinajstić information content (AvgIpc) is 3.27.